The molecule has 11 heteroatoms. The molecule has 0 aliphatic carbocycles. The van der Waals surface area contributed by atoms with E-state index < -0.39 is 0 Å². The van der Waals surface area contributed by atoms with Crippen LogP contribution in [-0.2, 0) is 28.2 Å². The maximum Gasteiger partial charge on any atom is 0.277 e. The van der Waals surface area contributed by atoms with Crippen molar-refractivity contribution in [2.24, 2.45) is 4.99 Å². The number of carbonyl (C=O) groups excluding carboxylic acids is 1. The number of allylic oxidation sites excluding steroid dienone is 2. The van der Waals surface area contributed by atoms with E-state index >= 15 is 0 Å². The van der Waals surface area contributed by atoms with Gasteiger partial charge in [-0.2, -0.15) is 4.98 Å². The monoisotopic (exact) mass is 635 g/mol. The van der Waals surface area contributed by atoms with Gasteiger partial charge in [0, 0.05) is 86.4 Å². The number of aliphatic imine (C=N–C) groups is 1. The largest absolute Gasteiger partial charge is 0.484 e. The van der Waals surface area contributed by atoms with E-state index in [0.717, 1.165) is 29.9 Å². The molecule has 1 saturated heterocycles. The summed E-state index contributed by atoms with van der Waals surface area (Å²) in [6, 6.07) is 14.1. The Labute approximate surface area is 265 Å². The second-order valence-electron chi connectivity index (χ2n) is 10.6. The van der Waals surface area contributed by atoms with Crippen LogP contribution in [0.3, 0.4) is 0 Å². The Morgan fingerprint density at radius 1 is 1.07 bits per heavy atom. The lowest BCUT2D eigenvalue weighted by Crippen LogP contribution is -2.48. The van der Waals surface area contributed by atoms with Crippen molar-refractivity contribution in [3.8, 4) is 0 Å². The Hall–Kier alpha value is -3.89. The van der Waals surface area contributed by atoms with Gasteiger partial charge in [-0.15, -0.1) is 0 Å². The minimum atomic E-state index is -0.299. The van der Waals surface area contributed by atoms with E-state index in [1.54, 1.807) is 25.4 Å². The van der Waals surface area contributed by atoms with E-state index in [4.69, 9.17) is 16.3 Å². The molecule has 3 heterocycles. The third-order valence-corrected chi connectivity index (χ3v) is 8.87. The Kier molecular flexibility index (Phi) is 10.9. The Bertz CT molecular complexity index is 1600. The summed E-state index contributed by atoms with van der Waals surface area (Å²) in [5.41, 5.74) is 3.16. The maximum atomic E-state index is 13.4. The van der Waals surface area contributed by atoms with Gasteiger partial charge in [0.25, 0.3) is 5.56 Å². The molecule has 2 aliphatic rings. The van der Waals surface area contributed by atoms with E-state index in [1.165, 1.54) is 23.9 Å². The number of aromatic nitrogens is 2. The molecule has 44 heavy (non-hydrogen) atoms. The third-order valence-electron chi connectivity index (χ3n) is 7.55. The normalized spacial score (nSPS) is 15.1. The average molecular weight is 636 g/mol. The van der Waals surface area contributed by atoms with Gasteiger partial charge in [-0.1, -0.05) is 47.6 Å². The van der Waals surface area contributed by atoms with E-state index in [2.05, 4.69) is 14.9 Å². The molecule has 0 atom stereocenters. The second-order valence-corrected chi connectivity index (χ2v) is 12.0. The average Bonchev–Trinajstić information content (AvgIpc) is 3.28. The van der Waals surface area contributed by atoms with E-state index in [1.807, 2.05) is 52.1 Å². The molecule has 0 spiro atoms. The highest BCUT2D eigenvalue weighted by Crippen LogP contribution is 2.23. The minimum Gasteiger partial charge on any atom is -0.484 e. The van der Waals surface area contributed by atoms with Crippen LogP contribution >= 0.6 is 23.4 Å². The van der Waals surface area contributed by atoms with Gasteiger partial charge in [0.1, 0.15) is 5.82 Å². The lowest BCUT2D eigenvalue weighted by atomic mass is 10.1. The van der Waals surface area contributed by atoms with Crippen LogP contribution in [0.25, 0.3) is 0 Å². The first-order chi connectivity index (χ1) is 21.4. The zero-order chi connectivity index (χ0) is 30.9. The van der Waals surface area contributed by atoms with E-state index in [9.17, 15) is 14.0 Å². The number of methoxy groups -OCH3 is 1. The van der Waals surface area contributed by atoms with Crippen molar-refractivity contribution in [3.63, 3.8) is 0 Å². The molecule has 1 aromatic heterocycles. The predicted molar refractivity (Wildman–Crippen MR) is 174 cm³/mol. The summed E-state index contributed by atoms with van der Waals surface area (Å²) in [4.78, 5) is 39.2. The molecular weight excluding hydrogens is 601 g/mol. The molecule has 230 valence electrons. The van der Waals surface area contributed by atoms with E-state index in [-0.39, 0.29) is 17.3 Å². The van der Waals surface area contributed by atoms with Gasteiger partial charge in [-0.25, -0.2) is 9.38 Å². The Morgan fingerprint density at radius 3 is 2.55 bits per heavy atom. The summed E-state index contributed by atoms with van der Waals surface area (Å²) in [6.07, 6.45) is 9.43. The lowest BCUT2D eigenvalue weighted by molar-refractivity contribution is -0.131. The van der Waals surface area contributed by atoms with Crippen molar-refractivity contribution >= 4 is 40.9 Å². The molecule has 2 aromatic carbocycles. The number of piperazine rings is 1. The molecule has 8 nitrogen and oxygen atoms in total. The number of aryl methyl sites for hydroxylation is 1. The SMILES string of the molecule is COC1=NC=C(Cc2cn(CCCC(=O)N3CCN(c4ccc(Cl)cc4)CC3)c(SCc3ccc(F)cc3)nc2=O)C=CC1. The highest BCUT2D eigenvalue weighted by atomic mass is 35.5. The topological polar surface area (TPSA) is 80.0 Å². The third kappa shape index (κ3) is 8.60. The molecule has 0 unspecified atom stereocenters. The first-order valence-electron chi connectivity index (χ1n) is 14.6. The summed E-state index contributed by atoms with van der Waals surface area (Å²) < 4.78 is 20.6. The van der Waals surface area contributed by atoms with E-state index in [0.29, 0.717) is 72.7 Å². The first-order valence-corrected chi connectivity index (χ1v) is 16.0. The standard InChI is InChI=1S/C33H35ClFN5O3S/c1-43-30-5-2-4-25(21-36-30)20-26-22-40(33(37-32(26)42)44-23-24-7-11-28(35)12-8-24)15-3-6-31(41)39-18-16-38(17-19-39)29-13-9-27(34)10-14-29/h2,4,7-14,21-22H,3,5-6,15-20,23H2,1H3. The number of anilines is 1. The number of ether oxygens (including phenoxy) is 1. The van der Waals surface area contributed by atoms with Gasteiger partial charge in [0.2, 0.25) is 5.91 Å². The molecular formula is C33H35ClFN5O3S. The molecule has 1 fully saturated rings. The molecule has 0 saturated carbocycles. The van der Waals surface area contributed by atoms with Crippen LogP contribution < -0.4 is 10.5 Å². The summed E-state index contributed by atoms with van der Waals surface area (Å²) >= 11 is 7.45. The lowest BCUT2D eigenvalue weighted by Gasteiger charge is -2.36. The van der Waals surface area contributed by atoms with Crippen molar-refractivity contribution in [3.05, 3.63) is 111 Å². The zero-order valence-corrected chi connectivity index (χ0v) is 26.2. The summed E-state index contributed by atoms with van der Waals surface area (Å²) in [5, 5.41) is 1.27. The maximum absolute atomic E-state index is 13.4. The number of nitrogens with zero attached hydrogens (tertiary/aromatic N) is 5. The number of carbonyl (C=O) groups is 1. The van der Waals surface area contributed by atoms with Crippen molar-refractivity contribution < 1.29 is 13.9 Å². The van der Waals surface area contributed by atoms with Crippen molar-refractivity contribution in [1.82, 2.24) is 14.5 Å². The van der Waals surface area contributed by atoms with Crippen LogP contribution in [0.2, 0.25) is 5.02 Å². The number of hydrogen-bond donors (Lipinski definition) is 0. The second kappa shape index (κ2) is 15.2. The minimum absolute atomic E-state index is 0.121. The molecule has 0 bridgehead atoms. The predicted octanol–water partition coefficient (Wildman–Crippen LogP) is 5.89. The molecule has 0 radical (unpaired) electrons. The van der Waals surface area contributed by atoms with Gasteiger partial charge < -0.3 is 19.1 Å². The van der Waals surface area contributed by atoms with Gasteiger partial charge >= 0.3 is 0 Å². The highest BCUT2D eigenvalue weighted by Gasteiger charge is 2.21. The van der Waals surface area contributed by atoms with Crippen LogP contribution in [0, 0.1) is 5.82 Å². The fourth-order valence-electron chi connectivity index (χ4n) is 5.09. The van der Waals surface area contributed by atoms with Crippen LogP contribution in [-0.4, -0.2) is 59.5 Å². The van der Waals surface area contributed by atoms with Gasteiger partial charge in [0.05, 0.1) is 7.11 Å². The first kappa shape index (κ1) is 31.5. The van der Waals surface area contributed by atoms with Gasteiger partial charge in [-0.3, -0.25) is 9.59 Å². The smallest absolute Gasteiger partial charge is 0.277 e. The van der Waals surface area contributed by atoms with Crippen molar-refractivity contribution in [2.75, 3.05) is 38.2 Å². The van der Waals surface area contributed by atoms with Crippen LogP contribution in [0.4, 0.5) is 10.1 Å². The van der Waals surface area contributed by atoms with Crippen LogP contribution in [0.5, 0.6) is 0 Å². The van der Waals surface area contributed by atoms with Crippen LogP contribution in [0.15, 0.2) is 93.6 Å². The number of benzene rings is 2. The quantitative estimate of drug-likeness (QED) is 0.204. The number of hydrogen-bond acceptors (Lipinski definition) is 7. The molecule has 5 rings (SSSR count). The fourth-order valence-corrected chi connectivity index (χ4v) is 6.17. The van der Waals surface area contributed by atoms with Gasteiger partial charge in [-0.05, 0) is 54.0 Å². The summed E-state index contributed by atoms with van der Waals surface area (Å²) in [5.74, 6) is 0.968. The number of thioether (sulfide) groups is 1. The summed E-state index contributed by atoms with van der Waals surface area (Å²) in [6.45, 7) is 3.40. The summed E-state index contributed by atoms with van der Waals surface area (Å²) in [7, 11) is 1.59. The molecule has 0 N–H and O–H groups in total. The number of rotatable bonds is 10. The Morgan fingerprint density at radius 2 is 1.82 bits per heavy atom. The van der Waals surface area contributed by atoms with Crippen molar-refractivity contribution in [2.45, 2.75) is 43.1 Å². The number of amides is 1. The molecule has 1 amide bonds. The zero-order valence-electron chi connectivity index (χ0n) is 24.6. The highest BCUT2D eigenvalue weighted by molar-refractivity contribution is 7.98. The Balaban J connectivity index is 1.24. The van der Waals surface area contributed by atoms with Crippen LogP contribution in [0.1, 0.15) is 30.4 Å². The van der Waals surface area contributed by atoms with Crippen molar-refractivity contribution in [1.29, 1.82) is 0 Å². The van der Waals surface area contributed by atoms with Gasteiger partial charge in [0.15, 0.2) is 11.1 Å². The number of halogens is 2. The molecule has 3 aromatic rings. The fraction of sp³-hybridized carbons (Fsp3) is 0.333. The molecule has 2 aliphatic heterocycles.